The van der Waals surface area contributed by atoms with Crippen molar-refractivity contribution in [3.8, 4) is 0 Å². The number of rotatable bonds is 6. The van der Waals surface area contributed by atoms with E-state index in [1.165, 1.54) is 0 Å². The molecule has 0 aliphatic rings. The number of hydrogen-bond donors (Lipinski definition) is 1. The summed E-state index contributed by atoms with van der Waals surface area (Å²) >= 11 is 12.2. The number of halogens is 2. The van der Waals surface area contributed by atoms with Crippen LogP contribution in [-0.2, 0) is 13.0 Å². The maximum absolute atomic E-state index is 6.20. The molecule has 1 aromatic heterocycles. The highest BCUT2D eigenvalue weighted by Gasteiger charge is 2.09. The largest absolute Gasteiger partial charge is 0.335 e. The lowest BCUT2D eigenvalue weighted by molar-refractivity contribution is 0.595. The van der Waals surface area contributed by atoms with Gasteiger partial charge in [0.2, 0.25) is 0 Å². The molecule has 5 heteroatoms. The van der Waals surface area contributed by atoms with E-state index in [0.29, 0.717) is 16.5 Å². The van der Waals surface area contributed by atoms with E-state index in [-0.39, 0.29) is 0 Å². The summed E-state index contributed by atoms with van der Waals surface area (Å²) in [6.45, 7) is 1.66. The average Bonchev–Trinajstić information content (AvgIpc) is 2.83. The molecule has 3 nitrogen and oxygen atoms in total. The second kappa shape index (κ2) is 6.94. The van der Waals surface area contributed by atoms with Gasteiger partial charge in [0.25, 0.3) is 0 Å². The Bertz CT molecular complexity index is 537. The third-order valence-electron chi connectivity index (χ3n) is 3.03. The first kappa shape index (κ1) is 14.4. The molecule has 0 bridgehead atoms. The molecule has 0 fully saturated rings. The summed E-state index contributed by atoms with van der Waals surface area (Å²) in [6.07, 6.45) is 6.58. The Morgan fingerprint density at radius 1 is 1.21 bits per heavy atom. The first-order chi connectivity index (χ1) is 9.22. The molecule has 0 atom stereocenters. The van der Waals surface area contributed by atoms with Gasteiger partial charge in [0.15, 0.2) is 0 Å². The van der Waals surface area contributed by atoms with Gasteiger partial charge < -0.3 is 10.3 Å². The highest BCUT2D eigenvalue weighted by molar-refractivity contribution is 6.42. The van der Waals surface area contributed by atoms with Gasteiger partial charge in [-0.15, -0.1) is 0 Å². The van der Waals surface area contributed by atoms with Crippen LogP contribution < -0.4 is 5.73 Å². The molecule has 2 rings (SSSR count). The predicted molar refractivity (Wildman–Crippen MR) is 79.8 cm³/mol. The smallest absolute Gasteiger partial charge is 0.113 e. The zero-order chi connectivity index (χ0) is 13.7. The molecule has 2 N–H and O–H groups in total. The number of imidazole rings is 1. The molecule has 0 aliphatic heterocycles. The van der Waals surface area contributed by atoms with Crippen LogP contribution in [0, 0.1) is 0 Å². The lowest BCUT2D eigenvalue weighted by Crippen LogP contribution is -2.06. The van der Waals surface area contributed by atoms with Crippen LogP contribution >= 0.6 is 23.2 Å². The van der Waals surface area contributed by atoms with Gasteiger partial charge in [-0.2, -0.15) is 0 Å². The molecule has 1 aromatic carbocycles. The summed E-state index contributed by atoms with van der Waals surface area (Å²) in [6, 6.07) is 5.68. The Morgan fingerprint density at radius 3 is 2.84 bits per heavy atom. The minimum atomic E-state index is 0.584. The number of aromatic nitrogens is 2. The number of aryl methyl sites for hydroxylation is 1. The zero-order valence-electron chi connectivity index (χ0n) is 10.6. The molecule has 0 amide bonds. The number of hydrogen-bond acceptors (Lipinski definition) is 2. The third-order valence-corrected chi connectivity index (χ3v) is 3.89. The summed E-state index contributed by atoms with van der Waals surface area (Å²) in [5.74, 6) is 1.00. The number of nitrogens with zero attached hydrogens (tertiary/aromatic N) is 2. The van der Waals surface area contributed by atoms with Gasteiger partial charge in [-0.3, -0.25) is 0 Å². The molecular weight excluding hydrogens is 281 g/mol. The number of nitrogens with two attached hydrogens (primary N) is 1. The molecule has 0 saturated carbocycles. The average molecular weight is 298 g/mol. The fourth-order valence-electron chi connectivity index (χ4n) is 1.99. The second-order valence-electron chi connectivity index (χ2n) is 4.42. The Morgan fingerprint density at radius 2 is 2.05 bits per heavy atom. The van der Waals surface area contributed by atoms with Crippen LogP contribution in [0.5, 0.6) is 0 Å². The van der Waals surface area contributed by atoms with Gasteiger partial charge in [0.05, 0.1) is 10.0 Å². The van der Waals surface area contributed by atoms with Crippen molar-refractivity contribution in [3.05, 3.63) is 52.0 Å². The second-order valence-corrected chi connectivity index (χ2v) is 5.21. The zero-order valence-corrected chi connectivity index (χ0v) is 12.2. The summed E-state index contributed by atoms with van der Waals surface area (Å²) in [4.78, 5) is 4.39. The molecule has 2 aromatic rings. The predicted octanol–water partition coefficient (Wildman–Crippen LogP) is 3.52. The lowest BCUT2D eigenvalue weighted by atomic mass is 10.1. The van der Waals surface area contributed by atoms with E-state index in [9.17, 15) is 0 Å². The van der Waals surface area contributed by atoms with Gasteiger partial charge in [0, 0.05) is 25.4 Å². The summed E-state index contributed by atoms with van der Waals surface area (Å²) in [7, 11) is 0. The summed E-state index contributed by atoms with van der Waals surface area (Å²) < 4.78 is 2.15. The number of benzene rings is 1. The van der Waals surface area contributed by atoms with Crippen LogP contribution in [0.25, 0.3) is 0 Å². The highest BCUT2D eigenvalue weighted by Crippen LogP contribution is 2.27. The van der Waals surface area contributed by atoms with Crippen molar-refractivity contribution in [2.45, 2.75) is 25.8 Å². The van der Waals surface area contributed by atoms with E-state index >= 15 is 0 Å². The van der Waals surface area contributed by atoms with Crippen LogP contribution in [-0.4, -0.2) is 16.1 Å². The van der Waals surface area contributed by atoms with E-state index in [1.54, 1.807) is 6.07 Å². The molecule has 0 spiro atoms. The molecule has 19 heavy (non-hydrogen) atoms. The van der Waals surface area contributed by atoms with E-state index in [1.807, 2.05) is 24.5 Å². The summed E-state index contributed by atoms with van der Waals surface area (Å²) in [5.41, 5.74) is 6.51. The quantitative estimate of drug-likeness (QED) is 0.829. The van der Waals surface area contributed by atoms with Crippen molar-refractivity contribution in [1.29, 1.82) is 0 Å². The minimum Gasteiger partial charge on any atom is -0.335 e. The van der Waals surface area contributed by atoms with Crippen molar-refractivity contribution in [2.75, 3.05) is 6.54 Å². The van der Waals surface area contributed by atoms with Crippen molar-refractivity contribution >= 4 is 23.2 Å². The Balaban J connectivity index is 2.11. The van der Waals surface area contributed by atoms with Crippen molar-refractivity contribution in [2.24, 2.45) is 5.73 Å². The minimum absolute atomic E-state index is 0.584. The van der Waals surface area contributed by atoms with Gasteiger partial charge >= 0.3 is 0 Å². The molecule has 102 valence electrons. The molecule has 0 aliphatic carbocycles. The van der Waals surface area contributed by atoms with Gasteiger partial charge in [-0.05, 0) is 31.0 Å². The van der Waals surface area contributed by atoms with E-state index in [0.717, 1.165) is 37.3 Å². The maximum Gasteiger partial charge on any atom is 0.113 e. The summed E-state index contributed by atoms with van der Waals surface area (Å²) in [5, 5.41) is 1.20. The Hall–Kier alpha value is -1.03. The highest BCUT2D eigenvalue weighted by atomic mass is 35.5. The lowest BCUT2D eigenvalue weighted by Gasteiger charge is -2.09. The fraction of sp³-hybridized carbons (Fsp3) is 0.357. The van der Waals surface area contributed by atoms with Crippen molar-refractivity contribution in [1.82, 2.24) is 9.55 Å². The fourth-order valence-corrected chi connectivity index (χ4v) is 2.38. The van der Waals surface area contributed by atoms with E-state index in [2.05, 4.69) is 9.55 Å². The first-order valence-electron chi connectivity index (χ1n) is 6.35. The van der Waals surface area contributed by atoms with Crippen LogP contribution in [0.3, 0.4) is 0 Å². The van der Waals surface area contributed by atoms with Crippen LogP contribution in [0.1, 0.15) is 24.2 Å². The van der Waals surface area contributed by atoms with Crippen LogP contribution in [0.4, 0.5) is 0 Å². The SMILES string of the molecule is NCCCCn1ccnc1Cc1cccc(Cl)c1Cl. The first-order valence-corrected chi connectivity index (χ1v) is 7.11. The Kier molecular flexibility index (Phi) is 5.25. The molecular formula is C14H17Cl2N3. The van der Waals surface area contributed by atoms with Crippen LogP contribution in [0.2, 0.25) is 10.0 Å². The van der Waals surface area contributed by atoms with Crippen molar-refractivity contribution < 1.29 is 0 Å². The standard InChI is InChI=1S/C14H17Cl2N3/c15-12-5-3-4-11(14(12)16)10-13-18-7-9-19(13)8-2-1-6-17/h3-5,7,9H,1-2,6,8,10,17H2. The maximum atomic E-state index is 6.20. The van der Waals surface area contributed by atoms with E-state index < -0.39 is 0 Å². The molecule has 0 unspecified atom stereocenters. The number of unbranched alkanes of at least 4 members (excludes halogenated alkanes) is 1. The topological polar surface area (TPSA) is 43.8 Å². The normalized spacial score (nSPS) is 10.9. The molecule has 1 heterocycles. The van der Waals surface area contributed by atoms with E-state index in [4.69, 9.17) is 28.9 Å². The van der Waals surface area contributed by atoms with Gasteiger partial charge in [0.1, 0.15) is 5.82 Å². The van der Waals surface area contributed by atoms with Crippen molar-refractivity contribution in [3.63, 3.8) is 0 Å². The van der Waals surface area contributed by atoms with Gasteiger partial charge in [-0.1, -0.05) is 35.3 Å². The molecule has 0 radical (unpaired) electrons. The van der Waals surface area contributed by atoms with Crippen LogP contribution in [0.15, 0.2) is 30.6 Å². The third kappa shape index (κ3) is 3.72. The molecule has 0 saturated heterocycles. The van der Waals surface area contributed by atoms with Gasteiger partial charge in [-0.25, -0.2) is 4.98 Å². The Labute approximate surface area is 123 Å². The monoisotopic (exact) mass is 297 g/mol.